The molecule has 1 heterocycles. The van der Waals surface area contributed by atoms with E-state index in [4.69, 9.17) is 11.6 Å². The molecule has 24 heavy (non-hydrogen) atoms. The number of benzene rings is 1. The van der Waals surface area contributed by atoms with Gasteiger partial charge < -0.3 is 10.6 Å². The van der Waals surface area contributed by atoms with E-state index >= 15 is 0 Å². The third-order valence-corrected chi connectivity index (χ3v) is 3.23. The second-order valence-corrected chi connectivity index (χ2v) is 6.79. The number of anilines is 3. The van der Waals surface area contributed by atoms with Crippen LogP contribution in [0.1, 0.15) is 32.2 Å². The molecule has 0 saturated carbocycles. The van der Waals surface area contributed by atoms with Gasteiger partial charge in [0, 0.05) is 11.6 Å². The van der Waals surface area contributed by atoms with Crippen LogP contribution < -0.4 is 10.6 Å². The van der Waals surface area contributed by atoms with Crippen LogP contribution in [0.15, 0.2) is 24.3 Å². The number of aryl methyl sites for hydroxylation is 1. The summed E-state index contributed by atoms with van der Waals surface area (Å²) in [6, 6.07) is 4.71. The fourth-order valence-corrected chi connectivity index (χ4v) is 2.18. The van der Waals surface area contributed by atoms with E-state index in [1.54, 1.807) is 13.0 Å². The Labute approximate surface area is 143 Å². The van der Waals surface area contributed by atoms with E-state index in [2.05, 4.69) is 20.6 Å². The zero-order valence-electron chi connectivity index (χ0n) is 13.7. The van der Waals surface area contributed by atoms with Gasteiger partial charge in [-0.05, 0) is 45.9 Å². The van der Waals surface area contributed by atoms with Crippen LogP contribution >= 0.6 is 11.6 Å². The minimum atomic E-state index is -4.44. The first-order valence-corrected chi connectivity index (χ1v) is 7.59. The van der Waals surface area contributed by atoms with Gasteiger partial charge in [0.2, 0.25) is 0 Å². The highest BCUT2D eigenvalue weighted by atomic mass is 35.5. The SMILES string of the molecule is Cc1nc(Nc2cc(C(F)(F)F)ccc2Cl)cc(NC(C)(C)C)n1. The van der Waals surface area contributed by atoms with Gasteiger partial charge in [-0.1, -0.05) is 11.6 Å². The fourth-order valence-electron chi connectivity index (χ4n) is 2.02. The average molecular weight is 359 g/mol. The number of hydrogen-bond acceptors (Lipinski definition) is 4. The van der Waals surface area contributed by atoms with Crippen LogP contribution in [0.25, 0.3) is 0 Å². The number of nitrogens with one attached hydrogen (secondary N) is 2. The van der Waals surface area contributed by atoms with Gasteiger partial charge in [0.1, 0.15) is 17.5 Å². The maximum Gasteiger partial charge on any atom is 0.416 e. The van der Waals surface area contributed by atoms with Crippen LogP contribution in [-0.2, 0) is 6.18 Å². The lowest BCUT2D eigenvalue weighted by atomic mass is 10.1. The van der Waals surface area contributed by atoms with Crippen LogP contribution in [0.2, 0.25) is 5.02 Å². The first-order valence-electron chi connectivity index (χ1n) is 7.22. The van der Waals surface area contributed by atoms with Crippen molar-refractivity contribution in [2.45, 2.75) is 39.4 Å². The third kappa shape index (κ3) is 4.99. The van der Waals surface area contributed by atoms with E-state index in [0.29, 0.717) is 17.5 Å². The van der Waals surface area contributed by atoms with E-state index in [1.807, 2.05) is 20.8 Å². The van der Waals surface area contributed by atoms with E-state index in [0.717, 1.165) is 12.1 Å². The van der Waals surface area contributed by atoms with E-state index in [-0.39, 0.29) is 16.2 Å². The Morgan fingerprint density at radius 2 is 1.62 bits per heavy atom. The lowest BCUT2D eigenvalue weighted by Gasteiger charge is -2.22. The summed E-state index contributed by atoms with van der Waals surface area (Å²) in [4.78, 5) is 8.45. The van der Waals surface area contributed by atoms with Crippen molar-refractivity contribution in [2.24, 2.45) is 0 Å². The molecule has 0 aliphatic heterocycles. The van der Waals surface area contributed by atoms with Gasteiger partial charge in [-0.15, -0.1) is 0 Å². The van der Waals surface area contributed by atoms with Gasteiger partial charge >= 0.3 is 6.18 Å². The molecule has 0 amide bonds. The molecule has 0 radical (unpaired) electrons. The molecule has 0 atom stereocenters. The van der Waals surface area contributed by atoms with Crippen molar-refractivity contribution in [1.82, 2.24) is 9.97 Å². The van der Waals surface area contributed by atoms with E-state index in [1.165, 1.54) is 6.07 Å². The molecule has 0 saturated heterocycles. The maximum absolute atomic E-state index is 12.8. The van der Waals surface area contributed by atoms with Gasteiger partial charge in [0.25, 0.3) is 0 Å². The molecule has 0 bridgehead atoms. The molecule has 4 nitrogen and oxygen atoms in total. The van der Waals surface area contributed by atoms with Crippen molar-refractivity contribution in [1.29, 1.82) is 0 Å². The van der Waals surface area contributed by atoms with E-state index in [9.17, 15) is 13.2 Å². The monoisotopic (exact) mass is 358 g/mol. The second-order valence-electron chi connectivity index (χ2n) is 6.38. The first-order chi connectivity index (χ1) is 10.9. The van der Waals surface area contributed by atoms with Gasteiger partial charge in [0.05, 0.1) is 16.3 Å². The molecule has 8 heteroatoms. The Hall–Kier alpha value is -2.02. The molecule has 1 aromatic heterocycles. The zero-order chi connectivity index (χ0) is 18.1. The normalized spacial score (nSPS) is 12.2. The predicted molar refractivity (Wildman–Crippen MR) is 89.9 cm³/mol. The minimum absolute atomic E-state index is 0.131. The molecule has 2 N–H and O–H groups in total. The minimum Gasteiger partial charge on any atom is -0.365 e. The summed E-state index contributed by atoms with van der Waals surface area (Å²) >= 11 is 5.99. The molecule has 0 aliphatic carbocycles. The van der Waals surface area contributed by atoms with Crippen molar-refractivity contribution < 1.29 is 13.2 Å². The van der Waals surface area contributed by atoms with Crippen molar-refractivity contribution in [2.75, 3.05) is 10.6 Å². The van der Waals surface area contributed by atoms with Crippen molar-refractivity contribution >= 4 is 28.9 Å². The molecule has 2 aromatic rings. The van der Waals surface area contributed by atoms with Crippen LogP contribution in [-0.4, -0.2) is 15.5 Å². The molecule has 0 spiro atoms. The number of nitrogens with zero attached hydrogens (tertiary/aromatic N) is 2. The van der Waals surface area contributed by atoms with Crippen molar-refractivity contribution in [3.8, 4) is 0 Å². The smallest absolute Gasteiger partial charge is 0.365 e. The second kappa shape index (κ2) is 6.47. The standard InChI is InChI=1S/C16H18ClF3N4/c1-9-21-13(8-14(22-9)24-15(2,3)4)23-12-7-10(16(18,19)20)5-6-11(12)17/h5-8H,1-4H3,(H2,21,22,23,24). The molecule has 1 aromatic carbocycles. The summed E-state index contributed by atoms with van der Waals surface area (Å²) in [5.74, 6) is 1.41. The Bertz CT molecular complexity index is 739. The summed E-state index contributed by atoms with van der Waals surface area (Å²) in [6.07, 6.45) is -4.44. The largest absolute Gasteiger partial charge is 0.416 e. The van der Waals surface area contributed by atoms with Crippen LogP contribution in [0.3, 0.4) is 0 Å². The van der Waals surface area contributed by atoms with E-state index < -0.39 is 11.7 Å². The Balaban J connectivity index is 2.34. The topological polar surface area (TPSA) is 49.8 Å². The average Bonchev–Trinajstić information content (AvgIpc) is 2.37. The molecule has 0 aliphatic rings. The maximum atomic E-state index is 12.8. The highest BCUT2D eigenvalue weighted by molar-refractivity contribution is 6.33. The van der Waals surface area contributed by atoms with Crippen LogP contribution in [0, 0.1) is 6.92 Å². The zero-order valence-corrected chi connectivity index (χ0v) is 14.5. The summed E-state index contributed by atoms with van der Waals surface area (Å²) in [6.45, 7) is 7.62. The molecular weight excluding hydrogens is 341 g/mol. The summed E-state index contributed by atoms with van der Waals surface area (Å²) in [5.41, 5.74) is -0.870. The molecular formula is C16H18ClF3N4. The number of alkyl halides is 3. The Morgan fingerprint density at radius 1 is 1.00 bits per heavy atom. The van der Waals surface area contributed by atoms with Crippen molar-refractivity contribution in [3.05, 3.63) is 40.7 Å². The van der Waals surface area contributed by atoms with Crippen molar-refractivity contribution in [3.63, 3.8) is 0 Å². The number of rotatable bonds is 3. The third-order valence-electron chi connectivity index (χ3n) is 2.90. The predicted octanol–water partition coefficient (Wildman–Crippen LogP) is 5.41. The first kappa shape index (κ1) is 18.3. The Morgan fingerprint density at radius 3 is 2.21 bits per heavy atom. The number of hydrogen-bond donors (Lipinski definition) is 2. The van der Waals surface area contributed by atoms with Gasteiger partial charge in [0.15, 0.2) is 0 Å². The molecule has 2 rings (SSSR count). The number of aromatic nitrogens is 2. The molecule has 0 fully saturated rings. The molecule has 0 unspecified atom stereocenters. The lowest BCUT2D eigenvalue weighted by Crippen LogP contribution is -2.27. The van der Waals surface area contributed by atoms with Gasteiger partial charge in [-0.3, -0.25) is 0 Å². The fraction of sp³-hybridized carbons (Fsp3) is 0.375. The van der Waals surface area contributed by atoms with Crippen LogP contribution in [0.4, 0.5) is 30.5 Å². The highest BCUT2D eigenvalue weighted by Crippen LogP contribution is 2.35. The highest BCUT2D eigenvalue weighted by Gasteiger charge is 2.31. The summed E-state index contributed by atoms with van der Waals surface area (Å²) < 4.78 is 38.5. The summed E-state index contributed by atoms with van der Waals surface area (Å²) in [5, 5.41) is 6.19. The Kier molecular flexibility index (Phi) is 4.94. The summed E-state index contributed by atoms with van der Waals surface area (Å²) in [7, 11) is 0. The number of halogens is 4. The lowest BCUT2D eigenvalue weighted by molar-refractivity contribution is -0.137. The van der Waals surface area contributed by atoms with Gasteiger partial charge in [-0.25, -0.2) is 9.97 Å². The van der Waals surface area contributed by atoms with Gasteiger partial charge in [-0.2, -0.15) is 13.2 Å². The van der Waals surface area contributed by atoms with Crippen LogP contribution in [0.5, 0.6) is 0 Å². The quantitative estimate of drug-likeness (QED) is 0.770. The molecule has 130 valence electrons.